The van der Waals surface area contributed by atoms with Crippen LogP contribution >= 0.6 is 0 Å². The minimum absolute atomic E-state index is 0.215. The largest absolute Gasteiger partial charge is 0.323 e. The van der Waals surface area contributed by atoms with Crippen LogP contribution in [-0.4, -0.2) is 15.7 Å². The van der Waals surface area contributed by atoms with Crippen LogP contribution in [0.25, 0.3) is 11.1 Å². The van der Waals surface area contributed by atoms with Crippen LogP contribution in [0.5, 0.6) is 0 Å². The molecule has 0 radical (unpaired) electrons. The fraction of sp³-hybridized carbons (Fsp3) is 0.0769. The van der Waals surface area contributed by atoms with Crippen LogP contribution in [0.2, 0.25) is 0 Å². The van der Waals surface area contributed by atoms with Gasteiger partial charge in [0.05, 0.1) is 6.20 Å². The summed E-state index contributed by atoms with van der Waals surface area (Å²) in [4.78, 5) is 11.2. The van der Waals surface area contributed by atoms with Crippen molar-refractivity contribution < 1.29 is 4.79 Å². The van der Waals surface area contributed by atoms with E-state index in [4.69, 9.17) is 0 Å². The third-order valence-corrected chi connectivity index (χ3v) is 2.35. The maximum atomic E-state index is 11.2. The highest BCUT2D eigenvalue weighted by Gasteiger charge is 2.02. The Morgan fingerprint density at radius 2 is 2.29 bits per heavy atom. The molecule has 4 heteroatoms. The van der Waals surface area contributed by atoms with Crippen LogP contribution in [0.4, 0.5) is 5.69 Å². The van der Waals surface area contributed by atoms with Crippen molar-refractivity contribution in [1.82, 2.24) is 9.78 Å². The fourth-order valence-electron chi connectivity index (χ4n) is 1.54. The topological polar surface area (TPSA) is 46.9 Å². The monoisotopic (exact) mass is 227 g/mol. The Balaban J connectivity index is 2.28. The molecule has 1 heterocycles. The summed E-state index contributed by atoms with van der Waals surface area (Å²) in [6, 6.07) is 7.60. The molecule has 0 saturated carbocycles. The van der Waals surface area contributed by atoms with Crippen LogP contribution in [-0.2, 0) is 11.8 Å². The van der Waals surface area contributed by atoms with Gasteiger partial charge in [0.2, 0.25) is 5.91 Å². The van der Waals surface area contributed by atoms with E-state index in [0.29, 0.717) is 0 Å². The Kier molecular flexibility index (Phi) is 3.05. The highest BCUT2D eigenvalue weighted by atomic mass is 16.1. The molecule has 17 heavy (non-hydrogen) atoms. The molecule has 0 atom stereocenters. The second-order valence-corrected chi connectivity index (χ2v) is 3.68. The molecule has 0 spiro atoms. The molecule has 0 aliphatic heterocycles. The van der Waals surface area contributed by atoms with Crippen molar-refractivity contribution in [2.75, 3.05) is 5.32 Å². The fourth-order valence-corrected chi connectivity index (χ4v) is 1.54. The number of aryl methyl sites for hydroxylation is 1. The number of benzene rings is 1. The van der Waals surface area contributed by atoms with Crippen molar-refractivity contribution in [3.63, 3.8) is 0 Å². The number of rotatable bonds is 3. The van der Waals surface area contributed by atoms with Crippen LogP contribution in [0.1, 0.15) is 0 Å². The summed E-state index contributed by atoms with van der Waals surface area (Å²) < 4.78 is 1.74. The van der Waals surface area contributed by atoms with E-state index < -0.39 is 0 Å². The standard InChI is InChI=1S/C13H13N3O/c1-3-13(17)15-12-6-4-5-10(7-12)11-8-14-16(2)9-11/h3-9H,1H2,2H3,(H,15,17). The zero-order valence-corrected chi connectivity index (χ0v) is 9.55. The van der Waals surface area contributed by atoms with Gasteiger partial charge in [-0.25, -0.2) is 0 Å². The maximum absolute atomic E-state index is 11.2. The lowest BCUT2D eigenvalue weighted by molar-refractivity contribution is -0.111. The predicted octanol–water partition coefficient (Wildman–Crippen LogP) is 2.21. The Bertz CT molecular complexity index is 557. The molecule has 1 aromatic carbocycles. The Hall–Kier alpha value is -2.36. The lowest BCUT2D eigenvalue weighted by Gasteiger charge is -2.04. The molecule has 0 bridgehead atoms. The molecular weight excluding hydrogens is 214 g/mol. The number of nitrogens with zero attached hydrogens (tertiary/aromatic N) is 2. The van der Waals surface area contributed by atoms with E-state index in [1.807, 2.05) is 37.5 Å². The Morgan fingerprint density at radius 3 is 2.94 bits per heavy atom. The summed E-state index contributed by atoms with van der Waals surface area (Å²) in [5.74, 6) is -0.215. The molecule has 1 N–H and O–H groups in total. The van der Waals surface area contributed by atoms with Crippen LogP contribution in [0.15, 0.2) is 49.3 Å². The third-order valence-electron chi connectivity index (χ3n) is 2.35. The van der Waals surface area contributed by atoms with Gasteiger partial charge in [-0.15, -0.1) is 0 Å². The Labute approximate surface area is 99.6 Å². The quantitative estimate of drug-likeness (QED) is 0.817. The minimum atomic E-state index is -0.215. The number of anilines is 1. The molecule has 4 nitrogen and oxygen atoms in total. The van der Waals surface area contributed by atoms with Gasteiger partial charge < -0.3 is 5.32 Å². The number of carbonyl (C=O) groups is 1. The first kappa shape index (κ1) is 11.1. The molecule has 0 aliphatic carbocycles. The predicted molar refractivity (Wildman–Crippen MR) is 67.5 cm³/mol. The van der Waals surface area contributed by atoms with Gasteiger partial charge in [-0.3, -0.25) is 9.48 Å². The third kappa shape index (κ3) is 2.60. The van der Waals surface area contributed by atoms with E-state index in [-0.39, 0.29) is 5.91 Å². The number of hydrogen-bond donors (Lipinski definition) is 1. The van der Waals surface area contributed by atoms with E-state index in [9.17, 15) is 4.79 Å². The lowest BCUT2D eigenvalue weighted by atomic mass is 10.1. The van der Waals surface area contributed by atoms with Crippen LogP contribution < -0.4 is 5.32 Å². The molecule has 86 valence electrons. The second kappa shape index (κ2) is 4.65. The van der Waals surface area contributed by atoms with Gasteiger partial charge in [0.1, 0.15) is 0 Å². The van der Waals surface area contributed by atoms with Crippen molar-refractivity contribution in [1.29, 1.82) is 0 Å². The lowest BCUT2D eigenvalue weighted by Crippen LogP contribution is -2.06. The summed E-state index contributed by atoms with van der Waals surface area (Å²) in [6.07, 6.45) is 4.96. The van der Waals surface area contributed by atoms with E-state index >= 15 is 0 Å². The maximum Gasteiger partial charge on any atom is 0.247 e. The molecule has 0 aliphatic rings. The van der Waals surface area contributed by atoms with E-state index in [0.717, 1.165) is 16.8 Å². The average molecular weight is 227 g/mol. The SMILES string of the molecule is C=CC(=O)Nc1cccc(-c2cnn(C)c2)c1. The molecule has 1 amide bonds. The highest BCUT2D eigenvalue weighted by molar-refractivity contribution is 5.99. The van der Waals surface area contributed by atoms with E-state index in [1.54, 1.807) is 10.9 Å². The van der Waals surface area contributed by atoms with Gasteiger partial charge in [0.15, 0.2) is 0 Å². The second-order valence-electron chi connectivity index (χ2n) is 3.68. The van der Waals surface area contributed by atoms with Crippen molar-refractivity contribution in [3.05, 3.63) is 49.3 Å². The van der Waals surface area contributed by atoms with Crippen molar-refractivity contribution in [3.8, 4) is 11.1 Å². The van der Waals surface area contributed by atoms with Crippen molar-refractivity contribution in [2.24, 2.45) is 7.05 Å². The summed E-state index contributed by atoms with van der Waals surface area (Å²) in [6.45, 7) is 3.42. The van der Waals surface area contributed by atoms with Crippen LogP contribution in [0.3, 0.4) is 0 Å². The normalized spacial score (nSPS) is 9.94. The van der Waals surface area contributed by atoms with E-state index in [1.165, 1.54) is 6.08 Å². The highest BCUT2D eigenvalue weighted by Crippen LogP contribution is 2.21. The van der Waals surface area contributed by atoms with Crippen LogP contribution in [0, 0.1) is 0 Å². The molecule has 0 unspecified atom stereocenters. The molecule has 0 saturated heterocycles. The van der Waals surface area contributed by atoms with Gasteiger partial charge in [-0.2, -0.15) is 5.10 Å². The molecule has 1 aromatic heterocycles. The van der Waals surface area contributed by atoms with Gasteiger partial charge in [0.25, 0.3) is 0 Å². The zero-order chi connectivity index (χ0) is 12.3. The molecule has 2 rings (SSSR count). The number of amides is 1. The summed E-state index contributed by atoms with van der Waals surface area (Å²) in [5.41, 5.74) is 2.78. The first-order valence-corrected chi connectivity index (χ1v) is 5.21. The molecule has 2 aromatic rings. The number of nitrogens with one attached hydrogen (secondary N) is 1. The van der Waals surface area contributed by atoms with E-state index in [2.05, 4.69) is 17.0 Å². The average Bonchev–Trinajstić information content (AvgIpc) is 2.76. The first-order chi connectivity index (χ1) is 8.19. The van der Waals surface area contributed by atoms with Gasteiger partial charge >= 0.3 is 0 Å². The van der Waals surface area contributed by atoms with Crippen molar-refractivity contribution >= 4 is 11.6 Å². The smallest absolute Gasteiger partial charge is 0.247 e. The number of hydrogen-bond acceptors (Lipinski definition) is 2. The molecule has 0 fully saturated rings. The summed E-state index contributed by atoms with van der Waals surface area (Å²) in [5, 5.41) is 6.84. The number of aromatic nitrogens is 2. The number of carbonyl (C=O) groups excluding carboxylic acids is 1. The zero-order valence-electron chi connectivity index (χ0n) is 9.55. The Morgan fingerprint density at radius 1 is 1.47 bits per heavy atom. The van der Waals surface area contributed by atoms with Gasteiger partial charge in [-0.05, 0) is 23.8 Å². The van der Waals surface area contributed by atoms with Gasteiger partial charge in [0, 0.05) is 24.5 Å². The summed E-state index contributed by atoms with van der Waals surface area (Å²) >= 11 is 0. The summed E-state index contributed by atoms with van der Waals surface area (Å²) in [7, 11) is 1.87. The van der Waals surface area contributed by atoms with Crippen molar-refractivity contribution in [2.45, 2.75) is 0 Å². The first-order valence-electron chi connectivity index (χ1n) is 5.21. The van der Waals surface area contributed by atoms with Gasteiger partial charge in [-0.1, -0.05) is 18.7 Å². The molecular formula is C13H13N3O. The minimum Gasteiger partial charge on any atom is -0.323 e.